The Morgan fingerprint density at radius 2 is 1.86 bits per heavy atom. The van der Waals surface area contributed by atoms with Crippen molar-refractivity contribution >= 4 is 19.7 Å². The van der Waals surface area contributed by atoms with Crippen molar-refractivity contribution in [2.45, 2.75) is 38.2 Å². The van der Waals surface area contributed by atoms with Crippen molar-refractivity contribution in [2.75, 3.05) is 12.0 Å². The van der Waals surface area contributed by atoms with Crippen molar-refractivity contribution in [3.63, 3.8) is 0 Å². The maximum atomic E-state index is 12.0. The third-order valence-corrected chi connectivity index (χ3v) is 4.35. The molecule has 1 aromatic carbocycles. The first kappa shape index (κ1) is 15.6. The van der Waals surface area contributed by atoms with Gasteiger partial charge in [-0.2, -0.15) is 0 Å². The molecule has 1 N–H and O–H groups in total. The molecule has 1 aliphatic heterocycles. The normalized spacial score (nSPS) is 25.0. The van der Waals surface area contributed by atoms with Crippen molar-refractivity contribution in [2.24, 2.45) is 0 Å². The molecule has 5 heteroatoms. The molecule has 1 fully saturated rings. The SMILES string of the molecule is COc1ccc(N2C(=O)[C@@H](O)[C@]2(C)C#C[Si](C)(C)C)cc1. The zero-order valence-electron chi connectivity index (χ0n) is 13.1. The molecular formula is C16H21NO3Si. The van der Waals surface area contributed by atoms with Gasteiger partial charge in [0.1, 0.15) is 19.4 Å². The van der Waals surface area contributed by atoms with Gasteiger partial charge in [0, 0.05) is 5.69 Å². The first-order chi connectivity index (χ1) is 9.69. The highest BCUT2D eigenvalue weighted by Gasteiger charge is 2.56. The molecule has 0 aliphatic carbocycles. The lowest BCUT2D eigenvalue weighted by molar-refractivity contribution is -0.139. The number of carbonyl (C=O) groups is 1. The molecule has 2 rings (SSSR count). The van der Waals surface area contributed by atoms with Gasteiger partial charge < -0.3 is 9.84 Å². The second kappa shape index (κ2) is 5.21. The Hall–Kier alpha value is -1.77. The minimum absolute atomic E-state index is 0.312. The van der Waals surface area contributed by atoms with Gasteiger partial charge in [-0.25, -0.2) is 0 Å². The van der Waals surface area contributed by atoms with Gasteiger partial charge in [-0.3, -0.25) is 9.69 Å². The maximum absolute atomic E-state index is 12.0. The Kier molecular flexibility index (Phi) is 3.87. The lowest BCUT2D eigenvalue weighted by Gasteiger charge is -2.50. The summed E-state index contributed by atoms with van der Waals surface area (Å²) >= 11 is 0. The number of carbonyl (C=O) groups excluding carboxylic acids is 1. The van der Waals surface area contributed by atoms with Gasteiger partial charge in [-0.1, -0.05) is 25.6 Å². The van der Waals surface area contributed by atoms with Crippen molar-refractivity contribution in [1.29, 1.82) is 0 Å². The van der Waals surface area contributed by atoms with Crippen LogP contribution in [0.4, 0.5) is 5.69 Å². The van der Waals surface area contributed by atoms with E-state index in [0.717, 1.165) is 11.4 Å². The molecule has 0 saturated carbocycles. The highest BCUT2D eigenvalue weighted by Crippen LogP contribution is 2.37. The molecular weight excluding hydrogens is 282 g/mol. The van der Waals surface area contributed by atoms with Gasteiger partial charge in [-0.15, -0.1) is 5.54 Å². The largest absolute Gasteiger partial charge is 0.497 e. The minimum atomic E-state index is -1.58. The third-order valence-electron chi connectivity index (χ3n) is 3.47. The summed E-state index contributed by atoms with van der Waals surface area (Å²) < 4.78 is 5.12. The Morgan fingerprint density at radius 1 is 1.29 bits per heavy atom. The van der Waals surface area contributed by atoms with Crippen LogP contribution in [0.15, 0.2) is 24.3 Å². The van der Waals surface area contributed by atoms with Crippen LogP contribution in [0.1, 0.15) is 6.92 Å². The summed E-state index contributed by atoms with van der Waals surface area (Å²) in [4.78, 5) is 13.6. The van der Waals surface area contributed by atoms with Gasteiger partial charge in [0.15, 0.2) is 6.10 Å². The van der Waals surface area contributed by atoms with Gasteiger partial charge in [0.25, 0.3) is 5.91 Å². The highest BCUT2D eigenvalue weighted by atomic mass is 28.3. The van der Waals surface area contributed by atoms with E-state index < -0.39 is 19.7 Å². The number of ether oxygens (including phenoxy) is 1. The van der Waals surface area contributed by atoms with E-state index in [1.807, 2.05) is 0 Å². The van der Waals surface area contributed by atoms with Gasteiger partial charge >= 0.3 is 0 Å². The van der Waals surface area contributed by atoms with E-state index in [2.05, 4.69) is 31.1 Å². The number of amides is 1. The first-order valence-corrected chi connectivity index (χ1v) is 10.4. The maximum Gasteiger partial charge on any atom is 0.260 e. The molecule has 4 nitrogen and oxygen atoms in total. The van der Waals surface area contributed by atoms with E-state index in [1.165, 1.54) is 0 Å². The number of anilines is 1. The average molecular weight is 303 g/mol. The van der Waals surface area contributed by atoms with Crippen molar-refractivity contribution < 1.29 is 14.6 Å². The fraction of sp³-hybridized carbons (Fsp3) is 0.438. The van der Waals surface area contributed by atoms with E-state index in [9.17, 15) is 9.90 Å². The standard InChI is InChI=1S/C16H21NO3Si/c1-16(10-11-21(3,4)5)14(18)15(19)17(16)12-6-8-13(20-2)9-7-12/h6-9,14,18H,1-5H3/t14-,16+/m1/s1. The van der Waals surface area contributed by atoms with Crippen molar-refractivity contribution in [3.05, 3.63) is 24.3 Å². The van der Waals surface area contributed by atoms with Gasteiger partial charge in [-0.05, 0) is 31.2 Å². The summed E-state index contributed by atoms with van der Waals surface area (Å²) in [5.74, 6) is 3.54. The molecule has 0 unspecified atom stereocenters. The number of hydrogen-bond acceptors (Lipinski definition) is 3. The molecule has 21 heavy (non-hydrogen) atoms. The highest BCUT2D eigenvalue weighted by molar-refractivity contribution is 6.83. The third kappa shape index (κ3) is 2.82. The number of β-lactam (4-membered cyclic amide) rings is 1. The van der Waals surface area contributed by atoms with E-state index >= 15 is 0 Å². The number of nitrogens with zero attached hydrogens (tertiary/aromatic N) is 1. The van der Waals surface area contributed by atoms with E-state index in [0.29, 0.717) is 0 Å². The number of benzene rings is 1. The second-order valence-electron chi connectivity index (χ2n) is 6.42. The van der Waals surface area contributed by atoms with Crippen LogP contribution < -0.4 is 9.64 Å². The van der Waals surface area contributed by atoms with Crippen LogP contribution in [0.3, 0.4) is 0 Å². The lowest BCUT2D eigenvalue weighted by atomic mass is 9.82. The van der Waals surface area contributed by atoms with Crippen LogP contribution in [-0.2, 0) is 4.79 Å². The molecule has 1 saturated heterocycles. The summed E-state index contributed by atoms with van der Waals surface area (Å²) in [5, 5.41) is 10.1. The summed E-state index contributed by atoms with van der Waals surface area (Å²) in [6, 6.07) is 7.19. The van der Waals surface area contributed by atoms with Crippen LogP contribution in [0.25, 0.3) is 0 Å². The van der Waals surface area contributed by atoms with Crippen LogP contribution in [0.5, 0.6) is 5.75 Å². The minimum Gasteiger partial charge on any atom is -0.497 e. The fourth-order valence-corrected chi connectivity index (χ4v) is 2.84. The number of hydrogen-bond donors (Lipinski definition) is 1. The Morgan fingerprint density at radius 3 is 2.33 bits per heavy atom. The van der Waals surface area contributed by atoms with Crippen LogP contribution in [0.2, 0.25) is 19.6 Å². The molecule has 1 amide bonds. The number of methoxy groups -OCH3 is 1. The fourth-order valence-electron chi connectivity index (χ4n) is 2.21. The van der Waals surface area contributed by atoms with Crippen LogP contribution in [0, 0.1) is 11.5 Å². The lowest BCUT2D eigenvalue weighted by Crippen LogP contribution is -2.73. The summed E-state index contributed by atoms with van der Waals surface area (Å²) in [7, 11) is 0.0179. The summed E-state index contributed by atoms with van der Waals surface area (Å²) in [6.07, 6.45) is -1.07. The number of aliphatic hydroxyl groups is 1. The molecule has 1 aliphatic rings. The first-order valence-electron chi connectivity index (χ1n) is 6.89. The molecule has 0 aromatic heterocycles. The van der Waals surface area contributed by atoms with Gasteiger partial charge in [0.05, 0.1) is 7.11 Å². The van der Waals surface area contributed by atoms with E-state index in [-0.39, 0.29) is 5.91 Å². The van der Waals surface area contributed by atoms with Gasteiger partial charge in [0.2, 0.25) is 0 Å². The average Bonchev–Trinajstić information content (AvgIpc) is 2.44. The van der Waals surface area contributed by atoms with Crippen LogP contribution >= 0.6 is 0 Å². The topological polar surface area (TPSA) is 49.8 Å². The molecule has 0 radical (unpaired) electrons. The molecule has 0 bridgehead atoms. The monoisotopic (exact) mass is 303 g/mol. The van der Waals surface area contributed by atoms with Crippen molar-refractivity contribution in [3.8, 4) is 17.2 Å². The smallest absolute Gasteiger partial charge is 0.260 e. The Balaban J connectivity index is 2.36. The number of aliphatic hydroxyl groups excluding tert-OH is 1. The molecule has 0 spiro atoms. The summed E-state index contributed by atoms with van der Waals surface area (Å²) in [6.45, 7) is 8.20. The van der Waals surface area contributed by atoms with E-state index in [1.54, 1.807) is 43.2 Å². The molecule has 112 valence electrons. The predicted octanol–water partition coefficient (Wildman–Crippen LogP) is 2.04. The predicted molar refractivity (Wildman–Crippen MR) is 86.0 cm³/mol. The number of rotatable bonds is 2. The molecule has 2 atom stereocenters. The Labute approximate surface area is 126 Å². The van der Waals surface area contributed by atoms with E-state index in [4.69, 9.17) is 4.74 Å². The zero-order valence-corrected chi connectivity index (χ0v) is 14.1. The van der Waals surface area contributed by atoms with Crippen molar-refractivity contribution in [1.82, 2.24) is 0 Å². The molecule has 1 aromatic rings. The quantitative estimate of drug-likeness (QED) is 0.517. The molecule has 1 heterocycles. The summed E-state index contributed by atoms with van der Waals surface area (Å²) in [5.41, 5.74) is 3.11. The zero-order chi connectivity index (χ0) is 15.8. The Bertz CT molecular complexity index is 609. The van der Waals surface area contributed by atoms with Crippen LogP contribution in [-0.4, -0.2) is 37.8 Å². The second-order valence-corrected chi connectivity index (χ2v) is 11.2.